The minimum absolute atomic E-state index is 0.195. The van der Waals surface area contributed by atoms with Crippen LogP contribution in [0.4, 0.5) is 0 Å². The van der Waals surface area contributed by atoms with E-state index in [-0.39, 0.29) is 13.2 Å². The molecule has 2 aromatic carbocycles. The van der Waals surface area contributed by atoms with Crippen LogP contribution in [0, 0.1) is 5.92 Å². The van der Waals surface area contributed by atoms with Gasteiger partial charge in [-0.05, 0) is 23.6 Å². The first kappa shape index (κ1) is 23.7. The molecule has 0 unspecified atom stereocenters. The molecule has 9 nitrogen and oxygen atoms in total. The van der Waals surface area contributed by atoms with E-state index in [9.17, 15) is 20.5 Å². The maximum Gasteiger partial charge on any atom is 0.308 e. The summed E-state index contributed by atoms with van der Waals surface area (Å²) in [6, 6.07) is 17.9. The van der Waals surface area contributed by atoms with Gasteiger partial charge in [0.15, 0.2) is 0 Å². The molecule has 1 fully saturated rings. The van der Waals surface area contributed by atoms with Crippen LogP contribution in [0.3, 0.4) is 0 Å². The molecular formula is C23H27N3O6. The first-order chi connectivity index (χ1) is 15.5. The topological polar surface area (TPSA) is 134 Å². The molecule has 1 heterocycles. The molecule has 0 saturated carbocycles. The number of aliphatic hydroxyl groups excluding tert-OH is 1. The van der Waals surface area contributed by atoms with Gasteiger partial charge in [-0.25, -0.2) is 0 Å². The van der Waals surface area contributed by atoms with Gasteiger partial charge in [-0.15, -0.1) is 0 Å². The number of azide groups is 1. The van der Waals surface area contributed by atoms with Crippen molar-refractivity contribution in [2.24, 2.45) is 11.0 Å². The van der Waals surface area contributed by atoms with Gasteiger partial charge in [0.25, 0.3) is 0 Å². The second kappa shape index (κ2) is 11.6. The fourth-order valence-corrected chi connectivity index (χ4v) is 3.77. The van der Waals surface area contributed by atoms with Gasteiger partial charge in [-0.3, -0.25) is 4.79 Å². The average Bonchev–Trinajstić information content (AvgIpc) is 2.82. The van der Waals surface area contributed by atoms with E-state index in [0.717, 1.165) is 11.1 Å². The molecule has 2 aromatic rings. The van der Waals surface area contributed by atoms with Crippen LogP contribution in [-0.4, -0.2) is 53.2 Å². The monoisotopic (exact) mass is 441 g/mol. The minimum Gasteiger partial charge on any atom is -0.481 e. The van der Waals surface area contributed by atoms with Crippen molar-refractivity contribution < 1.29 is 29.2 Å². The highest BCUT2D eigenvalue weighted by atomic mass is 16.6. The third kappa shape index (κ3) is 5.85. The molecule has 3 rings (SSSR count). The highest BCUT2D eigenvalue weighted by molar-refractivity contribution is 5.70. The standard InChI is InChI=1S/C23H27N3O6/c1-15(23(28)29)20-19(25-26-24)22(31-14-17-10-6-3-7-11-17)21(18(12-27)32-20)30-13-16-8-4-2-5-9-16/h2-11,15,18-22,27H,12-14H2,1H3,(H,28,29)/t15-,18+,19-,20+,21+,22+/m0/s1. The van der Waals surface area contributed by atoms with Crippen LogP contribution in [0.2, 0.25) is 0 Å². The lowest BCUT2D eigenvalue weighted by Gasteiger charge is -2.45. The molecule has 0 aliphatic carbocycles. The second-order valence-electron chi connectivity index (χ2n) is 7.67. The van der Waals surface area contributed by atoms with E-state index in [1.54, 1.807) is 0 Å². The van der Waals surface area contributed by atoms with Crippen LogP contribution >= 0.6 is 0 Å². The van der Waals surface area contributed by atoms with E-state index in [0.29, 0.717) is 0 Å². The second-order valence-corrected chi connectivity index (χ2v) is 7.67. The number of hydrogen-bond acceptors (Lipinski definition) is 6. The normalized spacial score (nSPS) is 26.1. The summed E-state index contributed by atoms with van der Waals surface area (Å²) in [7, 11) is 0. The van der Waals surface area contributed by atoms with Crippen molar-refractivity contribution in [2.75, 3.05) is 6.61 Å². The summed E-state index contributed by atoms with van der Waals surface area (Å²) >= 11 is 0. The summed E-state index contributed by atoms with van der Waals surface area (Å²) in [4.78, 5) is 14.6. The first-order valence-corrected chi connectivity index (χ1v) is 10.4. The average molecular weight is 441 g/mol. The van der Waals surface area contributed by atoms with E-state index in [1.807, 2.05) is 60.7 Å². The molecule has 0 aromatic heterocycles. The van der Waals surface area contributed by atoms with E-state index < -0.39 is 49.0 Å². The lowest BCUT2D eigenvalue weighted by atomic mass is 9.86. The van der Waals surface area contributed by atoms with Crippen molar-refractivity contribution in [1.29, 1.82) is 0 Å². The highest BCUT2D eigenvalue weighted by Crippen LogP contribution is 2.33. The maximum atomic E-state index is 11.7. The van der Waals surface area contributed by atoms with Crippen molar-refractivity contribution >= 4 is 5.97 Å². The number of carbonyl (C=O) groups is 1. The molecule has 0 radical (unpaired) electrons. The first-order valence-electron chi connectivity index (χ1n) is 10.4. The van der Waals surface area contributed by atoms with Crippen LogP contribution in [0.25, 0.3) is 10.4 Å². The molecule has 0 bridgehead atoms. The SMILES string of the molecule is C[C@H](C(=O)O)[C@H]1O[C@H](CO)[C@@H](OCc2ccccc2)[C@H](OCc2ccccc2)[C@H]1N=[N+]=[N-]. The Hall–Kier alpha value is -2.94. The molecule has 9 heteroatoms. The molecule has 2 N–H and O–H groups in total. The number of benzene rings is 2. The van der Waals surface area contributed by atoms with Gasteiger partial charge in [0.05, 0.1) is 44.0 Å². The van der Waals surface area contributed by atoms with Crippen molar-refractivity contribution in [3.63, 3.8) is 0 Å². The molecule has 1 aliphatic heterocycles. The number of nitrogens with zero attached hydrogens (tertiary/aromatic N) is 3. The predicted molar refractivity (Wildman–Crippen MR) is 116 cm³/mol. The lowest BCUT2D eigenvalue weighted by molar-refractivity contribution is -0.232. The van der Waals surface area contributed by atoms with Crippen LogP contribution < -0.4 is 0 Å². The van der Waals surface area contributed by atoms with Gasteiger partial charge in [-0.1, -0.05) is 65.8 Å². The minimum atomic E-state index is -1.10. The Balaban J connectivity index is 1.90. The van der Waals surface area contributed by atoms with E-state index in [1.165, 1.54) is 6.92 Å². The fraction of sp³-hybridized carbons (Fsp3) is 0.435. The number of carboxylic acids is 1. The van der Waals surface area contributed by atoms with Gasteiger partial charge < -0.3 is 24.4 Å². The molecule has 170 valence electrons. The summed E-state index contributed by atoms with van der Waals surface area (Å²) in [6.45, 7) is 1.48. The van der Waals surface area contributed by atoms with Crippen molar-refractivity contribution in [3.05, 3.63) is 82.2 Å². The van der Waals surface area contributed by atoms with Gasteiger partial charge >= 0.3 is 5.97 Å². The summed E-state index contributed by atoms with van der Waals surface area (Å²) in [5, 5.41) is 23.4. The van der Waals surface area contributed by atoms with Crippen LogP contribution in [0.5, 0.6) is 0 Å². The molecule has 0 amide bonds. The van der Waals surface area contributed by atoms with Crippen LogP contribution in [0.15, 0.2) is 65.8 Å². The van der Waals surface area contributed by atoms with Crippen LogP contribution in [-0.2, 0) is 32.2 Å². The Labute approximate surface area is 186 Å². The summed E-state index contributed by atoms with van der Waals surface area (Å²) < 4.78 is 18.2. The van der Waals surface area contributed by atoms with Gasteiger partial charge in [0, 0.05) is 4.91 Å². The largest absolute Gasteiger partial charge is 0.481 e. The number of ether oxygens (including phenoxy) is 3. The maximum absolute atomic E-state index is 11.7. The number of aliphatic hydroxyl groups is 1. The summed E-state index contributed by atoms with van der Waals surface area (Å²) in [6.07, 6.45) is -3.45. The van der Waals surface area contributed by atoms with Gasteiger partial charge in [-0.2, -0.15) is 0 Å². The number of carboxylic acid groups (broad SMARTS) is 1. The number of aliphatic carboxylic acids is 1. The predicted octanol–water partition coefficient (Wildman–Crippen LogP) is 3.32. The number of rotatable bonds is 10. The van der Waals surface area contributed by atoms with E-state index >= 15 is 0 Å². The quantitative estimate of drug-likeness (QED) is 0.330. The van der Waals surface area contributed by atoms with Crippen LogP contribution in [0.1, 0.15) is 18.1 Å². The third-order valence-corrected chi connectivity index (χ3v) is 5.51. The smallest absolute Gasteiger partial charge is 0.308 e. The molecule has 32 heavy (non-hydrogen) atoms. The zero-order chi connectivity index (χ0) is 22.9. The van der Waals surface area contributed by atoms with Gasteiger partial charge in [0.2, 0.25) is 0 Å². The zero-order valence-electron chi connectivity index (χ0n) is 17.7. The van der Waals surface area contributed by atoms with Gasteiger partial charge in [0.1, 0.15) is 12.2 Å². The molecular weight excluding hydrogens is 414 g/mol. The summed E-state index contributed by atoms with van der Waals surface area (Å²) in [5.41, 5.74) is 11.0. The van der Waals surface area contributed by atoms with Crippen molar-refractivity contribution in [1.82, 2.24) is 0 Å². The molecule has 1 saturated heterocycles. The Morgan fingerprint density at radius 1 is 1.06 bits per heavy atom. The Bertz CT molecular complexity index is 906. The molecule has 6 atom stereocenters. The van der Waals surface area contributed by atoms with Crippen molar-refractivity contribution in [3.8, 4) is 0 Å². The zero-order valence-corrected chi connectivity index (χ0v) is 17.7. The van der Waals surface area contributed by atoms with E-state index in [4.69, 9.17) is 14.2 Å². The van der Waals surface area contributed by atoms with Crippen molar-refractivity contribution in [2.45, 2.75) is 50.6 Å². The Morgan fingerprint density at radius 2 is 1.59 bits per heavy atom. The fourth-order valence-electron chi connectivity index (χ4n) is 3.77. The third-order valence-electron chi connectivity index (χ3n) is 5.51. The Kier molecular flexibility index (Phi) is 8.61. The van der Waals surface area contributed by atoms with E-state index in [2.05, 4.69) is 10.0 Å². The highest BCUT2D eigenvalue weighted by Gasteiger charge is 2.49. The molecule has 0 spiro atoms. The lowest BCUT2D eigenvalue weighted by Crippen LogP contribution is -2.61. The summed E-state index contributed by atoms with van der Waals surface area (Å²) in [5.74, 6) is -2.09. The molecule has 1 aliphatic rings. The Morgan fingerprint density at radius 3 is 2.06 bits per heavy atom. The number of hydrogen-bond donors (Lipinski definition) is 2.